The Hall–Kier alpha value is -1.61. The third-order valence-electron chi connectivity index (χ3n) is 3.31. The maximum Gasteiger partial charge on any atom is 0.0931 e. The molecule has 2 rings (SSSR count). The zero-order valence-corrected chi connectivity index (χ0v) is 11.6. The van der Waals surface area contributed by atoms with Crippen LogP contribution in [0.1, 0.15) is 29.3 Å². The minimum Gasteiger partial charge on any atom is -0.325 e. The first-order chi connectivity index (χ1) is 8.56. The van der Waals surface area contributed by atoms with Crippen molar-refractivity contribution in [3.63, 3.8) is 0 Å². The van der Waals surface area contributed by atoms with Crippen LogP contribution in [0.5, 0.6) is 0 Å². The molecule has 18 heavy (non-hydrogen) atoms. The molecular formula is C15H21N3. The van der Waals surface area contributed by atoms with Gasteiger partial charge in [-0.05, 0) is 44.9 Å². The fourth-order valence-electron chi connectivity index (χ4n) is 2.60. The monoisotopic (exact) mass is 243 g/mol. The topological polar surface area (TPSA) is 43.8 Å². The summed E-state index contributed by atoms with van der Waals surface area (Å²) in [6, 6.07) is 6.51. The molecule has 0 aliphatic heterocycles. The zero-order chi connectivity index (χ0) is 13.3. The molecule has 2 N–H and O–H groups in total. The second-order valence-electron chi connectivity index (χ2n) is 4.81. The number of rotatable bonds is 3. The van der Waals surface area contributed by atoms with Gasteiger partial charge in [-0.2, -0.15) is 5.10 Å². The van der Waals surface area contributed by atoms with Crippen LogP contribution in [0.2, 0.25) is 0 Å². The van der Waals surface area contributed by atoms with Gasteiger partial charge >= 0.3 is 0 Å². The van der Waals surface area contributed by atoms with Crippen LogP contribution in [0.3, 0.4) is 0 Å². The fourth-order valence-corrected chi connectivity index (χ4v) is 2.60. The fraction of sp³-hybridized carbons (Fsp3) is 0.400. The van der Waals surface area contributed by atoms with Crippen molar-refractivity contribution in [1.29, 1.82) is 0 Å². The third kappa shape index (κ3) is 2.18. The lowest BCUT2D eigenvalue weighted by molar-refractivity contribution is 0.624. The number of nitrogens with two attached hydrogens (primary N) is 1. The molecular weight excluding hydrogens is 222 g/mol. The maximum absolute atomic E-state index is 5.76. The van der Waals surface area contributed by atoms with E-state index < -0.39 is 0 Å². The summed E-state index contributed by atoms with van der Waals surface area (Å²) >= 11 is 0. The van der Waals surface area contributed by atoms with Crippen LogP contribution in [0, 0.1) is 20.8 Å². The summed E-state index contributed by atoms with van der Waals surface area (Å²) in [4.78, 5) is 0. The van der Waals surface area contributed by atoms with Crippen LogP contribution in [0.4, 0.5) is 0 Å². The predicted molar refractivity (Wildman–Crippen MR) is 75.4 cm³/mol. The molecule has 0 fully saturated rings. The van der Waals surface area contributed by atoms with E-state index >= 15 is 0 Å². The van der Waals surface area contributed by atoms with E-state index in [0.29, 0.717) is 6.54 Å². The number of hydrogen-bond donors (Lipinski definition) is 1. The molecule has 96 valence electrons. The summed E-state index contributed by atoms with van der Waals surface area (Å²) in [7, 11) is 0. The van der Waals surface area contributed by atoms with Crippen LogP contribution in [0.15, 0.2) is 18.2 Å². The van der Waals surface area contributed by atoms with Crippen molar-refractivity contribution in [2.75, 3.05) is 0 Å². The average Bonchev–Trinajstić information content (AvgIpc) is 2.70. The first-order valence-corrected chi connectivity index (χ1v) is 6.41. The molecule has 1 aromatic carbocycles. The van der Waals surface area contributed by atoms with Gasteiger partial charge in [-0.1, -0.05) is 17.7 Å². The summed E-state index contributed by atoms with van der Waals surface area (Å²) in [6.07, 6.45) is 0. The van der Waals surface area contributed by atoms with Crippen LogP contribution in [0.25, 0.3) is 11.3 Å². The molecule has 0 spiro atoms. The smallest absolute Gasteiger partial charge is 0.0931 e. The lowest BCUT2D eigenvalue weighted by Gasteiger charge is -2.08. The van der Waals surface area contributed by atoms with Gasteiger partial charge in [0.2, 0.25) is 0 Å². The van der Waals surface area contributed by atoms with E-state index in [0.717, 1.165) is 17.9 Å². The quantitative estimate of drug-likeness (QED) is 0.900. The molecule has 0 amide bonds. The molecule has 3 nitrogen and oxygen atoms in total. The van der Waals surface area contributed by atoms with Gasteiger partial charge in [0.15, 0.2) is 0 Å². The third-order valence-corrected chi connectivity index (χ3v) is 3.31. The van der Waals surface area contributed by atoms with Crippen molar-refractivity contribution < 1.29 is 0 Å². The Labute approximate surface area is 109 Å². The molecule has 2 aromatic rings. The molecule has 0 aliphatic rings. The molecule has 3 heteroatoms. The van der Waals surface area contributed by atoms with Crippen LogP contribution < -0.4 is 5.73 Å². The Morgan fingerprint density at radius 1 is 1.11 bits per heavy atom. The van der Waals surface area contributed by atoms with Gasteiger partial charge in [0.25, 0.3) is 0 Å². The van der Waals surface area contributed by atoms with Crippen molar-refractivity contribution in [1.82, 2.24) is 9.78 Å². The van der Waals surface area contributed by atoms with Crippen LogP contribution in [-0.4, -0.2) is 9.78 Å². The lowest BCUT2D eigenvalue weighted by atomic mass is 9.97. The van der Waals surface area contributed by atoms with Gasteiger partial charge in [0.1, 0.15) is 0 Å². The Bertz CT molecular complexity index is 523. The van der Waals surface area contributed by atoms with Gasteiger partial charge < -0.3 is 5.73 Å². The molecule has 0 unspecified atom stereocenters. The van der Waals surface area contributed by atoms with Crippen molar-refractivity contribution >= 4 is 0 Å². The van der Waals surface area contributed by atoms with E-state index in [2.05, 4.69) is 51.0 Å². The predicted octanol–water partition coefficient (Wildman–Crippen LogP) is 2.95. The Balaban J connectivity index is 2.58. The maximum atomic E-state index is 5.76. The van der Waals surface area contributed by atoms with Crippen LogP contribution in [-0.2, 0) is 13.1 Å². The Kier molecular flexibility index (Phi) is 3.53. The molecule has 0 atom stereocenters. The highest BCUT2D eigenvalue weighted by Crippen LogP contribution is 2.27. The highest BCUT2D eigenvalue weighted by molar-refractivity contribution is 5.68. The van der Waals surface area contributed by atoms with Crippen LogP contribution >= 0.6 is 0 Å². The van der Waals surface area contributed by atoms with Gasteiger partial charge in [-0.25, -0.2) is 0 Å². The van der Waals surface area contributed by atoms with Crippen molar-refractivity contribution in [2.24, 2.45) is 5.73 Å². The summed E-state index contributed by atoms with van der Waals surface area (Å²) in [6.45, 7) is 9.89. The van der Waals surface area contributed by atoms with E-state index in [-0.39, 0.29) is 0 Å². The minimum atomic E-state index is 0.533. The van der Waals surface area contributed by atoms with Gasteiger partial charge in [-0.15, -0.1) is 0 Å². The summed E-state index contributed by atoms with van der Waals surface area (Å²) in [5.74, 6) is 0. The second-order valence-corrected chi connectivity index (χ2v) is 4.81. The Morgan fingerprint density at radius 3 is 2.17 bits per heavy atom. The molecule has 0 saturated carbocycles. The van der Waals surface area contributed by atoms with E-state index in [9.17, 15) is 0 Å². The van der Waals surface area contributed by atoms with Gasteiger partial charge in [0.05, 0.1) is 11.4 Å². The van der Waals surface area contributed by atoms with Crippen molar-refractivity contribution in [2.45, 2.75) is 40.8 Å². The largest absolute Gasteiger partial charge is 0.325 e. The highest BCUT2D eigenvalue weighted by atomic mass is 15.3. The summed E-state index contributed by atoms with van der Waals surface area (Å²) in [5.41, 5.74) is 13.0. The standard InChI is InChI=1S/C15H21N3/c1-5-18-13(9-16)8-14(17-18)15-11(3)6-10(2)7-12(15)4/h6-8H,5,9,16H2,1-4H3. The molecule has 0 radical (unpaired) electrons. The number of nitrogens with zero attached hydrogens (tertiary/aromatic N) is 2. The summed E-state index contributed by atoms with van der Waals surface area (Å²) in [5, 5.41) is 4.66. The average molecular weight is 243 g/mol. The first kappa shape index (κ1) is 12.8. The number of benzene rings is 1. The molecule has 0 bridgehead atoms. The Morgan fingerprint density at radius 2 is 1.72 bits per heavy atom. The van der Waals surface area contributed by atoms with Crippen molar-refractivity contribution in [3.05, 3.63) is 40.6 Å². The SMILES string of the molecule is CCn1nc(-c2c(C)cc(C)cc2C)cc1CN. The molecule has 0 saturated heterocycles. The minimum absolute atomic E-state index is 0.533. The van der Waals surface area contributed by atoms with Crippen molar-refractivity contribution in [3.8, 4) is 11.3 Å². The second kappa shape index (κ2) is 4.94. The van der Waals surface area contributed by atoms with E-state index in [1.165, 1.54) is 22.3 Å². The zero-order valence-electron chi connectivity index (χ0n) is 11.6. The van der Waals surface area contributed by atoms with E-state index in [4.69, 9.17) is 5.73 Å². The first-order valence-electron chi connectivity index (χ1n) is 6.41. The summed E-state index contributed by atoms with van der Waals surface area (Å²) < 4.78 is 1.98. The normalized spacial score (nSPS) is 10.9. The lowest BCUT2D eigenvalue weighted by Crippen LogP contribution is -2.06. The number of hydrogen-bond acceptors (Lipinski definition) is 2. The van der Waals surface area contributed by atoms with Gasteiger partial charge in [-0.3, -0.25) is 4.68 Å². The molecule has 1 aromatic heterocycles. The molecule has 1 heterocycles. The van der Waals surface area contributed by atoms with E-state index in [1.54, 1.807) is 0 Å². The highest BCUT2D eigenvalue weighted by Gasteiger charge is 2.12. The number of aromatic nitrogens is 2. The molecule has 0 aliphatic carbocycles. The van der Waals surface area contributed by atoms with E-state index in [1.807, 2.05) is 4.68 Å². The van der Waals surface area contributed by atoms with Gasteiger partial charge in [0, 0.05) is 18.7 Å². The number of aryl methyl sites for hydroxylation is 4.